The van der Waals surface area contributed by atoms with E-state index in [1.165, 1.54) is 10.8 Å². The molecule has 5 nitrogen and oxygen atoms in total. The Morgan fingerprint density at radius 3 is 3.05 bits per heavy atom. The van der Waals surface area contributed by atoms with E-state index in [-0.39, 0.29) is 10.6 Å². The molecule has 100 valence electrons. The Morgan fingerprint density at radius 2 is 2.20 bits per heavy atom. The minimum absolute atomic E-state index is 0.103. The van der Waals surface area contributed by atoms with Crippen molar-refractivity contribution in [2.75, 3.05) is 5.32 Å². The second kappa shape index (κ2) is 5.26. The summed E-state index contributed by atoms with van der Waals surface area (Å²) in [5.74, 6) is 0.801. The van der Waals surface area contributed by atoms with Crippen LogP contribution in [0.3, 0.4) is 0 Å². The molecule has 0 unspecified atom stereocenters. The zero-order valence-electron chi connectivity index (χ0n) is 10.4. The summed E-state index contributed by atoms with van der Waals surface area (Å²) in [5.41, 5.74) is 0.958. The molecule has 2 heterocycles. The number of fused-ring (bicyclic) bond motifs is 1. The number of non-ortho nitro benzene ring substituents is 1. The number of hydrogen-bond donors (Lipinski definition) is 1. The Labute approximate surface area is 119 Å². The number of nitrogens with one attached hydrogen (secondary N) is 1. The van der Waals surface area contributed by atoms with Gasteiger partial charge in [0, 0.05) is 35.0 Å². The summed E-state index contributed by atoms with van der Waals surface area (Å²) in [7, 11) is 0. The van der Waals surface area contributed by atoms with E-state index in [0.29, 0.717) is 6.54 Å². The van der Waals surface area contributed by atoms with E-state index >= 15 is 0 Å². The van der Waals surface area contributed by atoms with Gasteiger partial charge in [0.1, 0.15) is 5.82 Å². The highest BCUT2D eigenvalue weighted by molar-refractivity contribution is 7.17. The molecule has 0 aliphatic heterocycles. The van der Waals surface area contributed by atoms with E-state index < -0.39 is 0 Å². The number of aromatic nitrogens is 1. The first-order valence-corrected chi connectivity index (χ1v) is 6.91. The van der Waals surface area contributed by atoms with Gasteiger partial charge in [0.2, 0.25) is 0 Å². The van der Waals surface area contributed by atoms with Gasteiger partial charge >= 0.3 is 0 Å². The monoisotopic (exact) mass is 285 g/mol. The van der Waals surface area contributed by atoms with E-state index in [2.05, 4.69) is 10.3 Å². The van der Waals surface area contributed by atoms with Crippen LogP contribution in [0.1, 0.15) is 5.56 Å². The van der Waals surface area contributed by atoms with Crippen LogP contribution in [0.15, 0.2) is 48.0 Å². The van der Waals surface area contributed by atoms with Gasteiger partial charge < -0.3 is 5.32 Å². The van der Waals surface area contributed by atoms with Gasteiger partial charge in [-0.05, 0) is 23.1 Å². The quantitative estimate of drug-likeness (QED) is 0.584. The van der Waals surface area contributed by atoms with Crippen LogP contribution in [0, 0.1) is 10.1 Å². The van der Waals surface area contributed by atoms with Crippen LogP contribution in [0.2, 0.25) is 0 Å². The van der Waals surface area contributed by atoms with Gasteiger partial charge in [-0.3, -0.25) is 10.1 Å². The minimum atomic E-state index is -0.388. The molecular formula is C14H11N3O2S. The second-order valence-electron chi connectivity index (χ2n) is 4.27. The van der Waals surface area contributed by atoms with Crippen LogP contribution in [-0.4, -0.2) is 9.91 Å². The Balaban J connectivity index is 1.81. The Kier molecular flexibility index (Phi) is 3.30. The molecule has 0 aliphatic rings. The van der Waals surface area contributed by atoms with Gasteiger partial charge in [0.15, 0.2) is 0 Å². The lowest BCUT2D eigenvalue weighted by atomic mass is 10.2. The number of nitrogens with zero attached hydrogens (tertiary/aromatic N) is 2. The Bertz CT molecular complexity index is 770. The van der Waals surface area contributed by atoms with E-state index in [0.717, 1.165) is 16.8 Å². The van der Waals surface area contributed by atoms with Crippen molar-refractivity contribution in [3.63, 3.8) is 0 Å². The van der Waals surface area contributed by atoms with Crippen LogP contribution >= 0.6 is 11.3 Å². The minimum Gasteiger partial charge on any atom is -0.365 e. The lowest BCUT2D eigenvalue weighted by Crippen LogP contribution is -2.02. The number of hydrogen-bond acceptors (Lipinski definition) is 5. The molecule has 0 amide bonds. The van der Waals surface area contributed by atoms with Gasteiger partial charge in [-0.15, -0.1) is 11.3 Å². The van der Waals surface area contributed by atoms with Crippen molar-refractivity contribution >= 4 is 32.9 Å². The van der Waals surface area contributed by atoms with Gasteiger partial charge in [-0.1, -0.05) is 12.1 Å². The summed E-state index contributed by atoms with van der Waals surface area (Å²) >= 11 is 1.66. The molecule has 3 aromatic rings. The largest absolute Gasteiger partial charge is 0.365 e. The fourth-order valence-electron chi connectivity index (χ4n) is 2.00. The van der Waals surface area contributed by atoms with Gasteiger partial charge in [0.25, 0.3) is 5.69 Å². The predicted molar refractivity (Wildman–Crippen MR) is 80.0 cm³/mol. The zero-order chi connectivity index (χ0) is 13.9. The van der Waals surface area contributed by atoms with E-state index in [4.69, 9.17) is 0 Å². The number of thiophene rings is 1. The van der Waals surface area contributed by atoms with Crippen molar-refractivity contribution in [1.82, 2.24) is 4.98 Å². The molecule has 20 heavy (non-hydrogen) atoms. The highest BCUT2D eigenvalue weighted by Gasteiger charge is 2.07. The van der Waals surface area contributed by atoms with Crippen molar-refractivity contribution in [1.29, 1.82) is 0 Å². The average Bonchev–Trinajstić information content (AvgIpc) is 2.94. The Morgan fingerprint density at radius 1 is 1.30 bits per heavy atom. The van der Waals surface area contributed by atoms with E-state index in [9.17, 15) is 10.1 Å². The molecule has 3 rings (SSSR count). The lowest BCUT2D eigenvalue weighted by Gasteiger charge is -2.06. The van der Waals surface area contributed by atoms with Crippen LogP contribution in [-0.2, 0) is 6.54 Å². The maximum absolute atomic E-state index is 10.7. The summed E-state index contributed by atoms with van der Waals surface area (Å²) in [6.45, 7) is 0.504. The molecule has 0 bridgehead atoms. The summed E-state index contributed by atoms with van der Waals surface area (Å²) in [5, 5.41) is 17.1. The summed E-state index contributed by atoms with van der Waals surface area (Å²) in [4.78, 5) is 14.7. The first-order valence-electron chi connectivity index (χ1n) is 6.03. The summed E-state index contributed by atoms with van der Waals surface area (Å²) < 4.78 is 1.17. The van der Waals surface area contributed by atoms with Crippen molar-refractivity contribution < 1.29 is 4.92 Å². The molecule has 0 saturated heterocycles. The van der Waals surface area contributed by atoms with Gasteiger partial charge in [-0.25, -0.2) is 4.98 Å². The van der Waals surface area contributed by atoms with Crippen LogP contribution in [0.5, 0.6) is 0 Å². The number of nitro benzene ring substituents is 1. The Hall–Kier alpha value is -2.47. The second-order valence-corrected chi connectivity index (χ2v) is 5.22. The third-order valence-corrected chi connectivity index (χ3v) is 3.84. The number of anilines is 1. The predicted octanol–water partition coefficient (Wildman–Crippen LogP) is 3.82. The normalized spacial score (nSPS) is 10.6. The highest BCUT2D eigenvalue weighted by Crippen LogP contribution is 2.26. The van der Waals surface area contributed by atoms with Gasteiger partial charge in [-0.2, -0.15) is 0 Å². The maximum atomic E-state index is 10.7. The first kappa shape index (κ1) is 12.6. The van der Waals surface area contributed by atoms with Crippen molar-refractivity contribution in [3.05, 3.63) is 63.7 Å². The smallest absolute Gasteiger partial charge is 0.269 e. The molecule has 1 aromatic carbocycles. The molecule has 0 atom stereocenters. The average molecular weight is 285 g/mol. The number of pyridine rings is 1. The van der Waals surface area contributed by atoms with E-state index in [1.807, 2.05) is 23.6 Å². The fourth-order valence-corrected chi connectivity index (χ4v) is 2.78. The zero-order valence-corrected chi connectivity index (χ0v) is 11.3. The number of rotatable bonds is 4. The van der Waals surface area contributed by atoms with Crippen molar-refractivity contribution in [2.45, 2.75) is 6.54 Å². The van der Waals surface area contributed by atoms with E-state index in [1.54, 1.807) is 29.7 Å². The highest BCUT2D eigenvalue weighted by atomic mass is 32.1. The third-order valence-electron chi connectivity index (χ3n) is 2.96. The molecule has 0 spiro atoms. The molecule has 2 aromatic heterocycles. The summed E-state index contributed by atoms with van der Waals surface area (Å²) in [6.07, 6.45) is 1.76. The number of nitro groups is 1. The van der Waals surface area contributed by atoms with Crippen LogP contribution in [0.25, 0.3) is 10.1 Å². The molecular weight excluding hydrogens is 274 g/mol. The van der Waals surface area contributed by atoms with Crippen molar-refractivity contribution in [3.8, 4) is 0 Å². The van der Waals surface area contributed by atoms with Crippen LogP contribution < -0.4 is 5.32 Å². The standard InChI is InChI=1S/C14H11N3O2S/c18-17(19)11-3-1-2-10(8-11)9-16-14-12-5-7-20-13(12)4-6-15-14/h1-8H,9H2,(H,15,16). The fraction of sp³-hybridized carbons (Fsp3) is 0.0714. The lowest BCUT2D eigenvalue weighted by molar-refractivity contribution is -0.384. The molecule has 6 heteroatoms. The molecule has 0 saturated carbocycles. The third kappa shape index (κ3) is 2.46. The molecule has 0 aliphatic carbocycles. The molecule has 1 N–H and O–H groups in total. The maximum Gasteiger partial charge on any atom is 0.269 e. The number of benzene rings is 1. The SMILES string of the molecule is O=[N+]([O-])c1cccc(CNc2nccc3sccc23)c1. The molecule has 0 fully saturated rings. The summed E-state index contributed by atoms with van der Waals surface area (Å²) in [6, 6.07) is 10.6. The topological polar surface area (TPSA) is 68.1 Å². The van der Waals surface area contributed by atoms with Crippen LogP contribution in [0.4, 0.5) is 11.5 Å². The van der Waals surface area contributed by atoms with Gasteiger partial charge in [0.05, 0.1) is 4.92 Å². The molecule has 0 radical (unpaired) electrons. The van der Waals surface area contributed by atoms with Crippen molar-refractivity contribution in [2.24, 2.45) is 0 Å². The first-order chi connectivity index (χ1) is 9.74.